The SMILES string of the molecule is CN=C(NCCNC(=O)OC(C)(C)C)NCCC(=O)N1CCN(c2ncccn2)CC1.I. The molecule has 3 N–H and O–H groups in total. The second kappa shape index (κ2) is 13.9. The molecule has 11 nitrogen and oxygen atoms in total. The molecule has 0 saturated carbocycles. The number of rotatable bonds is 7. The van der Waals surface area contributed by atoms with Gasteiger partial charge in [-0.1, -0.05) is 0 Å². The van der Waals surface area contributed by atoms with Gasteiger partial charge >= 0.3 is 6.09 Å². The summed E-state index contributed by atoms with van der Waals surface area (Å²) >= 11 is 0. The van der Waals surface area contributed by atoms with Crippen molar-refractivity contribution in [3.8, 4) is 0 Å². The summed E-state index contributed by atoms with van der Waals surface area (Å²) < 4.78 is 5.18. The monoisotopic (exact) mass is 562 g/mol. The van der Waals surface area contributed by atoms with Crippen molar-refractivity contribution >= 4 is 47.9 Å². The van der Waals surface area contributed by atoms with Gasteiger partial charge in [-0.15, -0.1) is 24.0 Å². The maximum absolute atomic E-state index is 12.5. The Bertz CT molecular complexity index is 734. The number of carbonyl (C=O) groups excluding carboxylic acids is 2. The summed E-state index contributed by atoms with van der Waals surface area (Å²) in [5.74, 6) is 1.38. The van der Waals surface area contributed by atoms with Gasteiger partial charge in [0.05, 0.1) is 0 Å². The van der Waals surface area contributed by atoms with Gasteiger partial charge in [0.25, 0.3) is 0 Å². The third kappa shape index (κ3) is 10.3. The molecule has 0 atom stereocenters. The molecule has 2 amide bonds. The van der Waals surface area contributed by atoms with Crippen LogP contribution in [0.1, 0.15) is 27.2 Å². The molecule has 0 spiro atoms. The van der Waals surface area contributed by atoms with Crippen molar-refractivity contribution in [3.05, 3.63) is 18.5 Å². The molecule has 2 rings (SSSR count). The molecule has 1 fully saturated rings. The van der Waals surface area contributed by atoms with Gasteiger partial charge in [-0.2, -0.15) is 0 Å². The Balaban J connectivity index is 0.00000512. The fraction of sp³-hybridized carbons (Fsp3) is 0.650. The van der Waals surface area contributed by atoms with Crippen molar-refractivity contribution in [1.29, 1.82) is 0 Å². The predicted molar refractivity (Wildman–Crippen MR) is 134 cm³/mol. The summed E-state index contributed by atoms with van der Waals surface area (Å²) in [6, 6.07) is 1.79. The average molecular weight is 562 g/mol. The van der Waals surface area contributed by atoms with Crippen LogP contribution in [0.5, 0.6) is 0 Å². The first-order valence-corrected chi connectivity index (χ1v) is 10.5. The second-order valence-electron chi connectivity index (χ2n) is 8.02. The Morgan fingerprint density at radius 1 is 1.03 bits per heavy atom. The van der Waals surface area contributed by atoms with E-state index >= 15 is 0 Å². The third-order valence-electron chi connectivity index (χ3n) is 4.41. The molecule has 32 heavy (non-hydrogen) atoms. The van der Waals surface area contributed by atoms with Gasteiger partial charge in [0.1, 0.15) is 5.60 Å². The highest BCUT2D eigenvalue weighted by Crippen LogP contribution is 2.10. The van der Waals surface area contributed by atoms with Crippen molar-refractivity contribution < 1.29 is 14.3 Å². The lowest BCUT2D eigenvalue weighted by atomic mass is 10.2. The van der Waals surface area contributed by atoms with Crippen LogP contribution in [0.25, 0.3) is 0 Å². The van der Waals surface area contributed by atoms with Crippen molar-refractivity contribution in [1.82, 2.24) is 30.8 Å². The van der Waals surface area contributed by atoms with Crippen molar-refractivity contribution in [3.63, 3.8) is 0 Å². The number of guanidine groups is 1. The fourth-order valence-corrected chi connectivity index (χ4v) is 2.94. The molecule has 0 unspecified atom stereocenters. The van der Waals surface area contributed by atoms with Crippen molar-refractivity contribution in [2.75, 3.05) is 57.8 Å². The zero-order valence-electron chi connectivity index (χ0n) is 19.3. The van der Waals surface area contributed by atoms with Crippen LogP contribution in [0.2, 0.25) is 0 Å². The van der Waals surface area contributed by atoms with E-state index < -0.39 is 11.7 Å². The first-order chi connectivity index (χ1) is 14.8. The molecule has 180 valence electrons. The molecule has 0 bridgehead atoms. The number of aliphatic imine (C=N–C) groups is 1. The molecule has 1 aromatic rings. The number of ether oxygens (including phenoxy) is 1. The molecule has 2 heterocycles. The first kappa shape index (κ1) is 27.7. The van der Waals surface area contributed by atoms with Crippen LogP contribution in [0.3, 0.4) is 0 Å². The van der Waals surface area contributed by atoms with Gasteiger partial charge in [0, 0.05) is 71.7 Å². The summed E-state index contributed by atoms with van der Waals surface area (Å²) in [5.41, 5.74) is -0.524. The highest BCUT2D eigenvalue weighted by molar-refractivity contribution is 14.0. The number of halogens is 1. The Hall–Kier alpha value is -2.38. The lowest BCUT2D eigenvalue weighted by Crippen LogP contribution is -2.50. The standard InChI is InChI=1S/C20H34N8O3.HI/c1-20(2,3)31-19(30)26-11-10-23-17(21-4)22-9-6-16(29)27-12-14-28(15-13-27)18-24-7-5-8-25-18;/h5,7-8H,6,9-15H2,1-4H3,(H,26,30)(H2,21,22,23);1H. The highest BCUT2D eigenvalue weighted by Gasteiger charge is 2.22. The zero-order valence-corrected chi connectivity index (χ0v) is 21.6. The fourth-order valence-electron chi connectivity index (χ4n) is 2.94. The van der Waals surface area contributed by atoms with E-state index in [4.69, 9.17) is 4.74 Å². The molecule has 0 radical (unpaired) electrons. The van der Waals surface area contributed by atoms with E-state index in [0.29, 0.717) is 51.1 Å². The Kier molecular flexibility index (Phi) is 12.0. The van der Waals surface area contributed by atoms with E-state index in [2.05, 4.69) is 35.8 Å². The number of alkyl carbamates (subject to hydrolysis) is 1. The van der Waals surface area contributed by atoms with Crippen LogP contribution < -0.4 is 20.9 Å². The molecule has 1 saturated heterocycles. The Morgan fingerprint density at radius 3 is 2.22 bits per heavy atom. The van der Waals surface area contributed by atoms with Gasteiger partial charge in [0.2, 0.25) is 11.9 Å². The summed E-state index contributed by atoms with van der Waals surface area (Å²) in [6.45, 7) is 9.54. The minimum Gasteiger partial charge on any atom is -0.444 e. The highest BCUT2D eigenvalue weighted by atomic mass is 127. The number of hydrogen-bond donors (Lipinski definition) is 3. The summed E-state index contributed by atoms with van der Waals surface area (Å²) in [6.07, 6.45) is 3.36. The summed E-state index contributed by atoms with van der Waals surface area (Å²) in [4.78, 5) is 40.7. The predicted octanol–water partition coefficient (Wildman–Crippen LogP) is 0.823. The lowest BCUT2D eigenvalue weighted by molar-refractivity contribution is -0.131. The second-order valence-corrected chi connectivity index (χ2v) is 8.02. The Morgan fingerprint density at radius 2 is 1.62 bits per heavy atom. The van der Waals surface area contributed by atoms with Gasteiger partial charge in [-0.25, -0.2) is 14.8 Å². The number of anilines is 1. The first-order valence-electron chi connectivity index (χ1n) is 10.5. The third-order valence-corrected chi connectivity index (χ3v) is 4.41. The quantitative estimate of drug-likeness (QED) is 0.193. The van der Waals surface area contributed by atoms with Gasteiger partial charge < -0.3 is 30.5 Å². The van der Waals surface area contributed by atoms with Gasteiger partial charge in [-0.3, -0.25) is 9.79 Å². The number of amides is 2. The smallest absolute Gasteiger partial charge is 0.407 e. The normalized spacial score (nSPS) is 14.3. The number of hydrogen-bond acceptors (Lipinski definition) is 7. The largest absolute Gasteiger partial charge is 0.444 e. The van der Waals surface area contributed by atoms with E-state index in [1.54, 1.807) is 25.5 Å². The number of carbonyl (C=O) groups is 2. The van der Waals surface area contributed by atoms with Crippen LogP contribution in [0.4, 0.5) is 10.7 Å². The number of aromatic nitrogens is 2. The van der Waals surface area contributed by atoms with Crippen LogP contribution in [0.15, 0.2) is 23.5 Å². The van der Waals surface area contributed by atoms with Gasteiger partial charge in [-0.05, 0) is 26.8 Å². The van der Waals surface area contributed by atoms with Crippen LogP contribution in [-0.2, 0) is 9.53 Å². The molecule has 12 heteroatoms. The van der Waals surface area contributed by atoms with E-state index in [1.807, 2.05) is 25.7 Å². The average Bonchev–Trinajstić information content (AvgIpc) is 2.74. The van der Waals surface area contributed by atoms with E-state index in [9.17, 15) is 9.59 Å². The maximum Gasteiger partial charge on any atom is 0.407 e. The van der Waals surface area contributed by atoms with Crippen molar-refractivity contribution in [2.45, 2.75) is 32.8 Å². The molecule has 1 aliphatic heterocycles. The molecule has 0 aromatic carbocycles. The molecular formula is C20H35IN8O3. The lowest BCUT2D eigenvalue weighted by Gasteiger charge is -2.34. The van der Waals surface area contributed by atoms with Crippen molar-refractivity contribution in [2.24, 2.45) is 4.99 Å². The van der Waals surface area contributed by atoms with Gasteiger partial charge in [0.15, 0.2) is 5.96 Å². The summed E-state index contributed by atoms with van der Waals surface area (Å²) in [7, 11) is 1.66. The molecule has 1 aliphatic rings. The maximum atomic E-state index is 12.5. The van der Waals surface area contributed by atoms with Crippen LogP contribution in [-0.4, -0.2) is 91.3 Å². The minimum atomic E-state index is -0.524. The van der Waals surface area contributed by atoms with E-state index in [1.165, 1.54) is 0 Å². The molecule has 0 aliphatic carbocycles. The number of nitrogens with one attached hydrogen (secondary N) is 3. The Labute approximate surface area is 206 Å². The van der Waals surface area contributed by atoms with E-state index in [-0.39, 0.29) is 29.9 Å². The number of nitrogens with zero attached hydrogens (tertiary/aromatic N) is 5. The molecular weight excluding hydrogens is 527 g/mol. The number of piperazine rings is 1. The van der Waals surface area contributed by atoms with Crippen LogP contribution in [0, 0.1) is 0 Å². The topological polar surface area (TPSA) is 124 Å². The summed E-state index contributed by atoms with van der Waals surface area (Å²) in [5, 5.41) is 8.88. The van der Waals surface area contributed by atoms with E-state index in [0.717, 1.165) is 13.1 Å². The van der Waals surface area contributed by atoms with Crippen LogP contribution >= 0.6 is 24.0 Å². The molecule has 1 aromatic heterocycles. The zero-order chi connectivity index (χ0) is 22.7. The minimum absolute atomic E-state index is 0.